The Morgan fingerprint density at radius 3 is 2.27 bits per heavy atom. The number of nitrogens with zero attached hydrogens (tertiary/aromatic N) is 3. The molecule has 2 fully saturated rings. The van der Waals surface area contributed by atoms with Crippen molar-refractivity contribution >= 4 is 39.3 Å². The second-order valence-electron chi connectivity index (χ2n) is 9.67. The van der Waals surface area contributed by atoms with Crippen LogP contribution >= 0.6 is 23.2 Å². The van der Waals surface area contributed by atoms with E-state index in [4.69, 9.17) is 27.9 Å². The van der Waals surface area contributed by atoms with Crippen molar-refractivity contribution in [2.24, 2.45) is 0 Å². The minimum atomic E-state index is -3.89. The number of hydrogen-bond donors (Lipinski definition) is 0. The lowest BCUT2D eigenvalue weighted by atomic mass is 9.99. The quantitative estimate of drug-likeness (QED) is 0.396. The molecule has 0 saturated carbocycles. The van der Waals surface area contributed by atoms with Crippen molar-refractivity contribution in [2.75, 3.05) is 32.7 Å². The van der Waals surface area contributed by atoms with Gasteiger partial charge in [-0.2, -0.15) is 0 Å². The van der Waals surface area contributed by atoms with E-state index in [-0.39, 0.29) is 17.5 Å². The van der Waals surface area contributed by atoms with Crippen molar-refractivity contribution in [2.45, 2.75) is 62.5 Å². The third-order valence-electron chi connectivity index (χ3n) is 7.18. The number of carbonyl (C=O) groups is 1. The van der Waals surface area contributed by atoms with Gasteiger partial charge in [0.1, 0.15) is 11.9 Å². The molecule has 2 aromatic carbocycles. The Kier molecular flexibility index (Phi) is 9.62. The van der Waals surface area contributed by atoms with Crippen LogP contribution in [-0.4, -0.2) is 73.4 Å². The van der Waals surface area contributed by atoms with Gasteiger partial charge in [0.05, 0.1) is 14.9 Å². The predicted molar refractivity (Wildman–Crippen MR) is 147 cm³/mol. The van der Waals surface area contributed by atoms with Crippen LogP contribution in [0, 0.1) is 0 Å². The summed E-state index contributed by atoms with van der Waals surface area (Å²) < 4.78 is 33.7. The molecule has 2 amide bonds. The lowest BCUT2D eigenvalue weighted by molar-refractivity contribution is 0.0521. The number of benzene rings is 2. The summed E-state index contributed by atoms with van der Waals surface area (Å²) in [4.78, 5) is 17.7. The third kappa shape index (κ3) is 6.91. The Morgan fingerprint density at radius 2 is 1.65 bits per heavy atom. The summed E-state index contributed by atoms with van der Waals surface area (Å²) in [5, 5.41) is 1.00. The number of rotatable bonds is 8. The zero-order valence-corrected chi connectivity index (χ0v) is 23.5. The fraction of sp³-hybridized carbons (Fsp3) is 0.519. The van der Waals surface area contributed by atoms with Crippen LogP contribution in [0.25, 0.3) is 0 Å². The molecule has 2 saturated heterocycles. The van der Waals surface area contributed by atoms with Gasteiger partial charge in [-0.3, -0.25) is 4.90 Å². The Balaban J connectivity index is 1.30. The van der Waals surface area contributed by atoms with Crippen LogP contribution in [0.3, 0.4) is 0 Å². The van der Waals surface area contributed by atoms with E-state index in [2.05, 4.69) is 4.90 Å². The minimum absolute atomic E-state index is 0.130. The van der Waals surface area contributed by atoms with Crippen molar-refractivity contribution < 1.29 is 17.9 Å². The molecule has 4 rings (SSSR count). The van der Waals surface area contributed by atoms with E-state index < -0.39 is 16.1 Å². The van der Waals surface area contributed by atoms with Crippen LogP contribution in [-0.2, 0) is 10.0 Å². The second-order valence-corrected chi connectivity index (χ2v) is 12.4. The first-order valence-corrected chi connectivity index (χ1v) is 15.2. The van der Waals surface area contributed by atoms with E-state index >= 15 is 0 Å². The molecule has 0 radical (unpaired) electrons. The Labute approximate surface area is 230 Å². The number of likely N-dealkylation sites (tertiary alicyclic amines) is 2. The van der Waals surface area contributed by atoms with E-state index in [0.29, 0.717) is 35.6 Å². The molecule has 0 bridgehead atoms. The number of carbonyl (C=O) groups excluding carboxylic acids is 1. The molecule has 0 aromatic heterocycles. The summed E-state index contributed by atoms with van der Waals surface area (Å²) in [6.45, 7) is 5.14. The van der Waals surface area contributed by atoms with Crippen LogP contribution in [0.4, 0.5) is 4.79 Å². The maximum atomic E-state index is 13.4. The van der Waals surface area contributed by atoms with E-state index in [0.717, 1.165) is 55.2 Å². The van der Waals surface area contributed by atoms with Gasteiger partial charge in [0.2, 0.25) is 0 Å². The normalized spacial score (nSPS) is 18.1. The number of halogens is 2. The second kappa shape index (κ2) is 12.7. The Bertz CT molecular complexity index is 1150. The molecule has 2 aromatic rings. The highest BCUT2D eigenvalue weighted by atomic mass is 35.5. The Morgan fingerprint density at radius 1 is 0.973 bits per heavy atom. The molecule has 2 aliphatic rings. The van der Waals surface area contributed by atoms with E-state index in [1.54, 1.807) is 47.4 Å². The predicted octanol–water partition coefficient (Wildman–Crippen LogP) is 5.91. The minimum Gasteiger partial charge on any atom is -0.490 e. The molecule has 0 aliphatic carbocycles. The topological polar surface area (TPSA) is 70.2 Å². The van der Waals surface area contributed by atoms with Gasteiger partial charge in [0, 0.05) is 44.8 Å². The summed E-state index contributed by atoms with van der Waals surface area (Å²) in [5.74, 6) is 0.734. The zero-order valence-electron chi connectivity index (χ0n) is 21.2. The van der Waals surface area contributed by atoms with Gasteiger partial charge < -0.3 is 9.64 Å². The monoisotopic (exact) mass is 567 g/mol. The van der Waals surface area contributed by atoms with E-state index in [9.17, 15) is 13.2 Å². The summed E-state index contributed by atoms with van der Waals surface area (Å²) in [6.07, 6.45) is 5.06. The summed E-state index contributed by atoms with van der Waals surface area (Å²) in [6, 6.07) is 13.5. The lowest BCUT2D eigenvalue weighted by Gasteiger charge is -2.42. The number of hydrogen-bond acceptors (Lipinski definition) is 5. The molecule has 0 atom stereocenters. The van der Waals surface area contributed by atoms with Crippen LogP contribution in [0.2, 0.25) is 10.0 Å². The molecule has 37 heavy (non-hydrogen) atoms. The van der Waals surface area contributed by atoms with Crippen LogP contribution in [0.15, 0.2) is 53.4 Å². The number of piperidine rings is 2. The van der Waals surface area contributed by atoms with Crippen molar-refractivity contribution in [1.82, 2.24) is 14.1 Å². The highest BCUT2D eigenvalue weighted by Gasteiger charge is 2.35. The fourth-order valence-corrected chi connectivity index (χ4v) is 6.76. The van der Waals surface area contributed by atoms with Crippen LogP contribution < -0.4 is 4.74 Å². The van der Waals surface area contributed by atoms with Gasteiger partial charge in [-0.05, 0) is 56.4 Å². The maximum Gasteiger partial charge on any atom is 0.333 e. The fourth-order valence-electron chi connectivity index (χ4n) is 5.02. The van der Waals surface area contributed by atoms with Gasteiger partial charge in [0.15, 0.2) is 0 Å². The first kappa shape index (κ1) is 28.0. The lowest BCUT2D eigenvalue weighted by Crippen LogP contribution is -2.53. The van der Waals surface area contributed by atoms with Crippen molar-refractivity contribution in [3.8, 4) is 5.75 Å². The molecule has 0 unspecified atom stereocenters. The number of ether oxygens (including phenoxy) is 1. The number of urea groups is 1. The van der Waals surface area contributed by atoms with Crippen molar-refractivity contribution in [3.63, 3.8) is 0 Å². The average molecular weight is 569 g/mol. The largest absolute Gasteiger partial charge is 0.490 e. The molecular formula is C27H35Cl2N3O4S. The maximum absolute atomic E-state index is 13.4. The summed E-state index contributed by atoms with van der Waals surface area (Å²) >= 11 is 12.1. The first-order valence-electron chi connectivity index (χ1n) is 13.0. The molecule has 0 spiro atoms. The molecule has 202 valence electrons. The van der Waals surface area contributed by atoms with Crippen molar-refractivity contribution in [1.29, 1.82) is 0 Å². The van der Waals surface area contributed by atoms with Crippen molar-refractivity contribution in [3.05, 3.63) is 58.6 Å². The summed E-state index contributed by atoms with van der Waals surface area (Å²) in [5.41, 5.74) is 0. The van der Waals surface area contributed by atoms with Gasteiger partial charge >= 0.3 is 6.03 Å². The van der Waals surface area contributed by atoms with Gasteiger partial charge in [0.25, 0.3) is 10.0 Å². The number of sulfonamides is 1. The molecule has 0 N–H and O–H groups in total. The highest BCUT2D eigenvalue weighted by molar-refractivity contribution is 7.89. The molecule has 2 heterocycles. The third-order valence-corrected chi connectivity index (χ3v) is 9.71. The zero-order chi connectivity index (χ0) is 26.4. The summed E-state index contributed by atoms with van der Waals surface area (Å²) in [7, 11) is -3.89. The van der Waals surface area contributed by atoms with Gasteiger partial charge in [-0.15, -0.1) is 0 Å². The molecule has 2 aliphatic heterocycles. The Hall–Kier alpha value is -2.00. The highest BCUT2D eigenvalue weighted by Crippen LogP contribution is 2.29. The standard InChI is InChI=1S/C27H35Cl2N3O4S/c1-2-3-15-32(37(34,35)24-7-5-4-6-8-24)27(33)31-16-11-21(12-17-31)30-18-13-22(14-19-30)36-23-9-10-25(28)26(29)20-23/h4-10,20-22H,2-3,11-19H2,1H3. The van der Waals surface area contributed by atoms with Gasteiger partial charge in [-0.25, -0.2) is 17.5 Å². The average Bonchev–Trinajstić information content (AvgIpc) is 2.92. The smallest absolute Gasteiger partial charge is 0.333 e. The van der Waals surface area contributed by atoms with Crippen LogP contribution in [0.1, 0.15) is 45.4 Å². The SMILES string of the molecule is CCCCN(C(=O)N1CCC(N2CCC(Oc3ccc(Cl)c(Cl)c3)CC2)CC1)S(=O)(=O)c1ccccc1. The van der Waals surface area contributed by atoms with Gasteiger partial charge in [-0.1, -0.05) is 54.7 Å². The van der Waals surface area contributed by atoms with Crippen LogP contribution in [0.5, 0.6) is 5.75 Å². The number of unbranched alkanes of at least 4 members (excludes halogenated alkanes) is 1. The first-order chi connectivity index (χ1) is 17.8. The molecule has 10 heteroatoms. The molecular weight excluding hydrogens is 533 g/mol. The number of amides is 2. The van der Waals surface area contributed by atoms with E-state index in [1.807, 2.05) is 13.0 Å². The molecule has 7 nitrogen and oxygen atoms in total. The van der Waals surface area contributed by atoms with E-state index in [1.165, 1.54) is 0 Å².